The number of rotatable bonds is 1. The molecule has 0 unspecified atom stereocenters. The normalized spacial score (nSPS) is 22.8. The monoisotopic (exact) mass is 233 g/mol. The van der Waals surface area contributed by atoms with Crippen molar-refractivity contribution in [1.29, 1.82) is 0 Å². The molecule has 1 spiro atoms. The molecule has 0 aliphatic carbocycles. The van der Waals surface area contributed by atoms with Crippen LogP contribution < -0.4 is 4.90 Å². The molecule has 3 rings (SSSR count). The first-order valence-electron chi connectivity index (χ1n) is 5.99. The third-order valence-corrected chi connectivity index (χ3v) is 3.80. The zero-order valence-corrected chi connectivity index (χ0v) is 9.63. The van der Waals surface area contributed by atoms with Crippen molar-refractivity contribution < 1.29 is 9.53 Å². The van der Waals surface area contributed by atoms with Crippen LogP contribution in [0, 0.1) is 5.41 Å². The van der Waals surface area contributed by atoms with Crippen molar-refractivity contribution in [2.24, 2.45) is 5.41 Å². The van der Waals surface area contributed by atoms with E-state index < -0.39 is 0 Å². The first-order chi connectivity index (χ1) is 8.30. The molecule has 2 aliphatic rings. The molecule has 0 radical (unpaired) electrons. The van der Waals surface area contributed by atoms with E-state index in [9.17, 15) is 4.79 Å². The van der Waals surface area contributed by atoms with E-state index >= 15 is 0 Å². The number of hydrogen-bond donors (Lipinski definition) is 0. The lowest BCUT2D eigenvalue weighted by atomic mass is 9.77. The van der Waals surface area contributed by atoms with Gasteiger partial charge in [-0.3, -0.25) is 4.79 Å². The minimum absolute atomic E-state index is 0.00821. The van der Waals surface area contributed by atoms with E-state index in [0.29, 0.717) is 6.61 Å². The highest BCUT2D eigenvalue weighted by Crippen LogP contribution is 2.40. The number of nitrogens with zero attached hydrogens (tertiary/aromatic N) is 3. The van der Waals surface area contributed by atoms with Gasteiger partial charge in [-0.25, -0.2) is 9.97 Å². The number of piperidine rings is 1. The maximum Gasteiger partial charge on any atom is 0.312 e. The molecule has 0 aromatic carbocycles. The Bertz CT molecular complexity index is 413. The smallest absolute Gasteiger partial charge is 0.312 e. The third kappa shape index (κ3) is 1.75. The minimum Gasteiger partial charge on any atom is -0.465 e. The molecule has 5 heteroatoms. The molecule has 0 saturated carbocycles. The second-order valence-electron chi connectivity index (χ2n) is 4.70. The summed E-state index contributed by atoms with van der Waals surface area (Å²) in [7, 11) is 0. The van der Waals surface area contributed by atoms with Gasteiger partial charge in [-0.05, 0) is 25.3 Å². The zero-order chi connectivity index (χ0) is 11.7. The Hall–Kier alpha value is -1.65. The number of ether oxygens (including phenoxy) is 1. The summed E-state index contributed by atoms with van der Waals surface area (Å²) >= 11 is 0. The molecule has 1 aromatic rings. The Morgan fingerprint density at radius 1 is 1.18 bits per heavy atom. The first kappa shape index (κ1) is 10.5. The van der Waals surface area contributed by atoms with Crippen LogP contribution in [0.25, 0.3) is 0 Å². The fourth-order valence-electron chi connectivity index (χ4n) is 2.64. The molecule has 0 amide bonds. The maximum absolute atomic E-state index is 11.7. The van der Waals surface area contributed by atoms with E-state index in [1.54, 1.807) is 12.4 Å². The van der Waals surface area contributed by atoms with Crippen LogP contribution in [0.3, 0.4) is 0 Å². The molecule has 0 N–H and O–H groups in total. The summed E-state index contributed by atoms with van der Waals surface area (Å²) in [5, 5.41) is 0. The Morgan fingerprint density at radius 2 is 1.88 bits per heavy atom. The fourth-order valence-corrected chi connectivity index (χ4v) is 2.64. The van der Waals surface area contributed by atoms with E-state index in [4.69, 9.17) is 4.74 Å². The van der Waals surface area contributed by atoms with Gasteiger partial charge in [0.05, 0.1) is 12.0 Å². The predicted molar refractivity (Wildman–Crippen MR) is 61.5 cm³/mol. The molecule has 0 bridgehead atoms. The molecule has 3 heterocycles. The van der Waals surface area contributed by atoms with Crippen molar-refractivity contribution in [1.82, 2.24) is 9.97 Å². The van der Waals surface area contributed by atoms with Crippen LogP contribution in [0.5, 0.6) is 0 Å². The van der Waals surface area contributed by atoms with E-state index in [1.807, 2.05) is 6.07 Å². The van der Waals surface area contributed by atoms with Crippen molar-refractivity contribution in [3.05, 3.63) is 18.5 Å². The summed E-state index contributed by atoms with van der Waals surface area (Å²) in [6.07, 6.45) is 6.07. The molecular formula is C12H15N3O2. The molecule has 2 saturated heterocycles. The Labute approximate surface area is 99.8 Å². The number of hydrogen-bond acceptors (Lipinski definition) is 5. The molecule has 5 nitrogen and oxygen atoms in total. The minimum atomic E-state index is -0.217. The summed E-state index contributed by atoms with van der Waals surface area (Å²) in [5.41, 5.74) is -0.217. The number of esters is 1. The highest BCUT2D eigenvalue weighted by molar-refractivity contribution is 5.79. The average molecular weight is 233 g/mol. The van der Waals surface area contributed by atoms with Gasteiger partial charge in [-0.1, -0.05) is 0 Å². The SMILES string of the molecule is O=C1OCCC12CCN(c1ncccn1)CC2. The van der Waals surface area contributed by atoms with Gasteiger partial charge in [0.2, 0.25) is 5.95 Å². The summed E-state index contributed by atoms with van der Waals surface area (Å²) in [6.45, 7) is 2.25. The summed E-state index contributed by atoms with van der Waals surface area (Å²) < 4.78 is 5.10. The Kier molecular flexibility index (Phi) is 2.46. The average Bonchev–Trinajstić information content (AvgIpc) is 2.73. The summed E-state index contributed by atoms with van der Waals surface area (Å²) in [6, 6.07) is 1.81. The number of aromatic nitrogens is 2. The topological polar surface area (TPSA) is 55.3 Å². The van der Waals surface area contributed by atoms with Crippen molar-refractivity contribution in [2.45, 2.75) is 19.3 Å². The van der Waals surface area contributed by atoms with Gasteiger partial charge in [-0.15, -0.1) is 0 Å². The lowest BCUT2D eigenvalue weighted by Crippen LogP contribution is -2.43. The lowest BCUT2D eigenvalue weighted by molar-refractivity contribution is -0.147. The highest BCUT2D eigenvalue weighted by Gasteiger charge is 2.46. The van der Waals surface area contributed by atoms with Crippen molar-refractivity contribution in [3.63, 3.8) is 0 Å². The second kappa shape index (κ2) is 3.98. The van der Waals surface area contributed by atoms with E-state index in [2.05, 4.69) is 14.9 Å². The van der Waals surface area contributed by atoms with Gasteiger partial charge in [0.15, 0.2) is 0 Å². The molecule has 0 atom stereocenters. The third-order valence-electron chi connectivity index (χ3n) is 3.80. The van der Waals surface area contributed by atoms with Gasteiger partial charge in [0, 0.05) is 25.5 Å². The first-order valence-corrected chi connectivity index (χ1v) is 5.99. The molecule has 2 aliphatic heterocycles. The summed E-state index contributed by atoms with van der Waals surface area (Å²) in [4.78, 5) is 22.3. The zero-order valence-electron chi connectivity index (χ0n) is 9.63. The van der Waals surface area contributed by atoms with Gasteiger partial charge in [-0.2, -0.15) is 0 Å². The van der Waals surface area contributed by atoms with Crippen LogP contribution in [0.1, 0.15) is 19.3 Å². The number of anilines is 1. The van der Waals surface area contributed by atoms with Crippen molar-refractivity contribution in [3.8, 4) is 0 Å². The van der Waals surface area contributed by atoms with E-state index in [0.717, 1.165) is 38.3 Å². The van der Waals surface area contributed by atoms with Crippen LogP contribution in [0.2, 0.25) is 0 Å². The molecule has 1 aromatic heterocycles. The Balaban J connectivity index is 1.70. The molecule has 17 heavy (non-hydrogen) atoms. The largest absolute Gasteiger partial charge is 0.465 e. The molecule has 2 fully saturated rings. The quantitative estimate of drug-likeness (QED) is 0.678. The van der Waals surface area contributed by atoms with Gasteiger partial charge >= 0.3 is 5.97 Å². The van der Waals surface area contributed by atoms with Gasteiger partial charge in [0.25, 0.3) is 0 Å². The maximum atomic E-state index is 11.7. The second-order valence-corrected chi connectivity index (χ2v) is 4.70. The number of carbonyl (C=O) groups is 1. The standard InChI is InChI=1S/C12H15N3O2/c16-10-12(4-9-17-10)2-7-15(8-3-12)11-13-5-1-6-14-11/h1,5-6H,2-4,7-9H2. The predicted octanol–water partition coefficient (Wildman–Crippen LogP) is 1.01. The molecule has 90 valence electrons. The van der Waals surface area contributed by atoms with Crippen LogP contribution >= 0.6 is 0 Å². The van der Waals surface area contributed by atoms with Crippen molar-refractivity contribution in [2.75, 3.05) is 24.6 Å². The van der Waals surface area contributed by atoms with Gasteiger partial charge in [0.1, 0.15) is 0 Å². The highest BCUT2D eigenvalue weighted by atomic mass is 16.5. The van der Waals surface area contributed by atoms with Crippen LogP contribution in [0.15, 0.2) is 18.5 Å². The van der Waals surface area contributed by atoms with Crippen molar-refractivity contribution >= 4 is 11.9 Å². The number of carbonyl (C=O) groups excluding carboxylic acids is 1. The Morgan fingerprint density at radius 3 is 2.47 bits per heavy atom. The van der Waals surface area contributed by atoms with E-state index in [-0.39, 0.29) is 11.4 Å². The lowest BCUT2D eigenvalue weighted by Gasteiger charge is -2.36. The fraction of sp³-hybridized carbons (Fsp3) is 0.583. The van der Waals surface area contributed by atoms with Gasteiger partial charge < -0.3 is 9.64 Å². The van der Waals surface area contributed by atoms with E-state index in [1.165, 1.54) is 0 Å². The number of cyclic esters (lactones) is 1. The van der Waals surface area contributed by atoms with Crippen LogP contribution in [0.4, 0.5) is 5.95 Å². The van der Waals surface area contributed by atoms with Crippen LogP contribution in [-0.2, 0) is 9.53 Å². The molecular weight excluding hydrogens is 218 g/mol. The summed E-state index contributed by atoms with van der Waals surface area (Å²) in [5.74, 6) is 0.750. The van der Waals surface area contributed by atoms with Crippen LogP contribution in [-0.4, -0.2) is 35.6 Å².